The maximum absolute atomic E-state index is 13.3. The molecule has 0 spiro atoms. The van der Waals surface area contributed by atoms with Crippen LogP contribution in [0.2, 0.25) is 0 Å². The summed E-state index contributed by atoms with van der Waals surface area (Å²) in [5, 5.41) is 21.3. The first kappa shape index (κ1) is 22.3. The van der Waals surface area contributed by atoms with Crippen molar-refractivity contribution in [3.05, 3.63) is 82.8 Å². The number of hydrogen-bond donors (Lipinski definition) is 3. The van der Waals surface area contributed by atoms with E-state index in [0.29, 0.717) is 29.5 Å². The zero-order valence-corrected chi connectivity index (χ0v) is 19.5. The maximum atomic E-state index is 13.3. The van der Waals surface area contributed by atoms with Crippen molar-refractivity contribution >= 4 is 28.9 Å². The number of anilines is 3. The highest BCUT2D eigenvalue weighted by molar-refractivity contribution is 6.00. The number of nitrogens with zero attached hydrogens (tertiary/aromatic N) is 8. The quantitative estimate of drug-likeness (QED) is 0.316. The van der Waals surface area contributed by atoms with Crippen LogP contribution in [0.25, 0.3) is 11.5 Å². The summed E-state index contributed by atoms with van der Waals surface area (Å²) in [6.07, 6.45) is 6.36. The number of hydrogen-bond acceptors (Lipinski definition) is 9. The third kappa shape index (κ3) is 3.93. The average molecular weight is 501 g/mol. The van der Waals surface area contributed by atoms with E-state index < -0.39 is 11.4 Å². The molecule has 1 aliphatic heterocycles. The van der Waals surface area contributed by atoms with E-state index >= 15 is 0 Å². The highest BCUT2D eigenvalue weighted by Gasteiger charge is 2.28. The normalized spacial score (nSPS) is 14.5. The van der Waals surface area contributed by atoms with Gasteiger partial charge in [-0.1, -0.05) is 0 Å². The second-order valence-corrected chi connectivity index (χ2v) is 8.32. The molecule has 1 atom stereocenters. The highest BCUT2D eigenvalue weighted by atomic mass is 19.1. The zero-order chi connectivity index (χ0) is 25.5. The summed E-state index contributed by atoms with van der Waals surface area (Å²) in [7, 11) is 1.71. The first-order chi connectivity index (χ1) is 18.0. The Balaban J connectivity index is 1.33. The summed E-state index contributed by atoms with van der Waals surface area (Å²) in [5.74, 6) is 0.975. The lowest BCUT2D eigenvalue weighted by atomic mass is 10.2. The van der Waals surface area contributed by atoms with Crippen LogP contribution in [0.4, 0.5) is 21.7 Å². The number of pyridine rings is 2. The van der Waals surface area contributed by atoms with Crippen LogP contribution in [0.5, 0.6) is 0 Å². The molecule has 0 fully saturated rings. The first-order valence-electron chi connectivity index (χ1n) is 11.4. The van der Waals surface area contributed by atoms with Crippen LogP contribution in [-0.4, -0.2) is 51.9 Å². The highest BCUT2D eigenvalue weighted by Crippen LogP contribution is 2.25. The van der Waals surface area contributed by atoms with Gasteiger partial charge in [0.25, 0.3) is 11.5 Å². The van der Waals surface area contributed by atoms with E-state index in [9.17, 15) is 14.0 Å². The molecule has 1 unspecified atom stereocenters. The van der Waals surface area contributed by atoms with Gasteiger partial charge >= 0.3 is 0 Å². The summed E-state index contributed by atoms with van der Waals surface area (Å²) in [4.78, 5) is 34.8. The molecular formula is C23H20FN11O2. The summed E-state index contributed by atoms with van der Waals surface area (Å²) >= 11 is 0. The molecule has 5 aromatic rings. The molecule has 0 saturated heterocycles. The Morgan fingerprint density at radius 3 is 2.92 bits per heavy atom. The molecule has 37 heavy (non-hydrogen) atoms. The van der Waals surface area contributed by atoms with Gasteiger partial charge in [-0.15, -0.1) is 10.2 Å². The number of halogens is 1. The lowest BCUT2D eigenvalue weighted by molar-refractivity contribution is 0.0937. The fraction of sp³-hybridized carbons (Fsp3) is 0.174. The Hall–Kier alpha value is -5.14. The minimum atomic E-state index is -0.501. The SMILES string of the molecule is CNc1cc(Nc2cccn(-c3ccc(F)cn3)c2=O)nc2c(C(=O)NC3CCn4cnnc43)cnn12. The molecule has 1 aliphatic rings. The fourth-order valence-electron chi connectivity index (χ4n) is 4.26. The van der Waals surface area contributed by atoms with Crippen molar-refractivity contribution in [2.24, 2.45) is 0 Å². The van der Waals surface area contributed by atoms with Crippen LogP contribution < -0.4 is 21.5 Å². The van der Waals surface area contributed by atoms with Gasteiger partial charge in [0.05, 0.1) is 18.4 Å². The molecule has 13 nitrogen and oxygen atoms in total. The van der Waals surface area contributed by atoms with Crippen molar-refractivity contribution in [2.75, 3.05) is 17.7 Å². The number of nitrogens with one attached hydrogen (secondary N) is 3. The van der Waals surface area contributed by atoms with E-state index in [1.165, 1.54) is 33.6 Å². The second-order valence-electron chi connectivity index (χ2n) is 8.32. The van der Waals surface area contributed by atoms with Gasteiger partial charge in [-0.25, -0.2) is 14.4 Å². The van der Waals surface area contributed by atoms with Crippen molar-refractivity contribution < 1.29 is 9.18 Å². The molecule has 5 aromatic heterocycles. The number of rotatable bonds is 6. The third-order valence-corrected chi connectivity index (χ3v) is 6.06. The Kier molecular flexibility index (Phi) is 5.32. The van der Waals surface area contributed by atoms with Gasteiger partial charge in [0.1, 0.15) is 40.8 Å². The van der Waals surface area contributed by atoms with Gasteiger partial charge in [-0.3, -0.25) is 14.2 Å². The number of aryl methyl sites for hydroxylation is 1. The fourth-order valence-corrected chi connectivity index (χ4v) is 4.26. The van der Waals surface area contributed by atoms with E-state index in [1.54, 1.807) is 31.6 Å². The molecule has 0 aromatic carbocycles. The average Bonchev–Trinajstić information content (AvgIpc) is 3.63. The molecule has 0 saturated carbocycles. The van der Waals surface area contributed by atoms with Crippen molar-refractivity contribution in [3.63, 3.8) is 0 Å². The van der Waals surface area contributed by atoms with Gasteiger partial charge in [0.2, 0.25) is 0 Å². The Bertz CT molecular complexity index is 1690. The van der Waals surface area contributed by atoms with E-state index in [-0.39, 0.29) is 29.0 Å². The van der Waals surface area contributed by atoms with Crippen LogP contribution >= 0.6 is 0 Å². The number of amides is 1. The van der Waals surface area contributed by atoms with E-state index in [1.807, 2.05) is 4.57 Å². The molecule has 14 heteroatoms. The minimum absolute atomic E-state index is 0.211. The first-order valence-corrected chi connectivity index (χ1v) is 11.4. The van der Waals surface area contributed by atoms with Gasteiger partial charge in [0, 0.05) is 25.9 Å². The molecule has 3 N–H and O–H groups in total. The largest absolute Gasteiger partial charge is 0.373 e. The molecule has 0 bridgehead atoms. The van der Waals surface area contributed by atoms with Gasteiger partial charge < -0.3 is 20.5 Å². The third-order valence-electron chi connectivity index (χ3n) is 6.06. The van der Waals surface area contributed by atoms with Crippen molar-refractivity contribution in [1.29, 1.82) is 0 Å². The van der Waals surface area contributed by atoms with Crippen molar-refractivity contribution in [1.82, 2.24) is 44.2 Å². The number of carbonyl (C=O) groups excluding carboxylic acids is 1. The van der Waals surface area contributed by atoms with Crippen molar-refractivity contribution in [2.45, 2.75) is 19.0 Å². The van der Waals surface area contributed by atoms with E-state index in [2.05, 4.69) is 41.2 Å². The summed E-state index contributed by atoms with van der Waals surface area (Å²) in [5.41, 5.74) is 0.358. The molecule has 6 rings (SSSR count). The van der Waals surface area contributed by atoms with Crippen LogP contribution in [0.3, 0.4) is 0 Å². The Morgan fingerprint density at radius 1 is 1.22 bits per heavy atom. The summed E-state index contributed by atoms with van der Waals surface area (Å²) in [6, 6.07) is 7.28. The smallest absolute Gasteiger partial charge is 0.279 e. The molecule has 0 aliphatic carbocycles. The second kappa shape index (κ2) is 8.82. The predicted octanol–water partition coefficient (Wildman–Crippen LogP) is 1.67. The zero-order valence-electron chi connectivity index (χ0n) is 19.5. The topological polar surface area (TPSA) is 149 Å². The summed E-state index contributed by atoms with van der Waals surface area (Å²) < 4.78 is 18.0. The van der Waals surface area contributed by atoms with E-state index in [4.69, 9.17) is 0 Å². The minimum Gasteiger partial charge on any atom is -0.373 e. The Labute approximate surface area is 208 Å². The van der Waals surface area contributed by atoms with Crippen LogP contribution in [0, 0.1) is 5.82 Å². The standard InChI is InChI=1S/C23H20FN11O2/c1-25-19-9-17(29-16-3-2-7-34(23(16)37)18-5-4-13(24)10-26-18)31-20-14(11-28-35(19)20)22(36)30-15-6-8-33-12-27-32-21(15)33/h2-5,7,9-12,15,25H,6,8H2,1H3,(H,29,31)(H,30,36). The van der Waals surface area contributed by atoms with Gasteiger partial charge in [0.15, 0.2) is 11.5 Å². The van der Waals surface area contributed by atoms with Gasteiger partial charge in [-0.2, -0.15) is 9.61 Å². The monoisotopic (exact) mass is 501 g/mol. The number of fused-ring (bicyclic) bond motifs is 2. The van der Waals surface area contributed by atoms with E-state index in [0.717, 1.165) is 12.7 Å². The Morgan fingerprint density at radius 2 is 2.11 bits per heavy atom. The molecule has 6 heterocycles. The number of carbonyl (C=O) groups is 1. The van der Waals surface area contributed by atoms with Gasteiger partial charge in [-0.05, 0) is 30.7 Å². The lowest BCUT2D eigenvalue weighted by Gasteiger charge is -2.12. The molecule has 186 valence electrons. The molecular weight excluding hydrogens is 481 g/mol. The van der Waals surface area contributed by atoms with Crippen LogP contribution in [0.15, 0.2) is 60.0 Å². The lowest BCUT2D eigenvalue weighted by Crippen LogP contribution is -2.27. The predicted molar refractivity (Wildman–Crippen MR) is 130 cm³/mol. The summed E-state index contributed by atoms with van der Waals surface area (Å²) in [6.45, 7) is 0.723. The van der Waals surface area contributed by atoms with Crippen LogP contribution in [-0.2, 0) is 6.54 Å². The molecule has 1 amide bonds. The van der Waals surface area contributed by atoms with Crippen LogP contribution in [0.1, 0.15) is 28.6 Å². The number of aromatic nitrogens is 8. The maximum Gasteiger partial charge on any atom is 0.279 e. The molecule has 0 radical (unpaired) electrons. The van der Waals surface area contributed by atoms with Crippen molar-refractivity contribution in [3.8, 4) is 5.82 Å².